The van der Waals surface area contributed by atoms with Crippen LogP contribution >= 0.6 is 0 Å². The third-order valence-electron chi connectivity index (χ3n) is 6.59. The van der Waals surface area contributed by atoms with E-state index in [2.05, 4.69) is 0 Å². The van der Waals surface area contributed by atoms with Crippen molar-refractivity contribution in [3.05, 3.63) is 29.8 Å². The molecule has 4 saturated carbocycles. The molecule has 5 heteroatoms. The number of hydrogen-bond donors (Lipinski definition) is 1. The van der Waals surface area contributed by atoms with Crippen molar-refractivity contribution >= 4 is 17.5 Å². The molecule has 1 aromatic rings. The van der Waals surface area contributed by atoms with Crippen LogP contribution < -0.4 is 4.90 Å². The molecule has 0 atom stereocenters. The first-order chi connectivity index (χ1) is 11.9. The Morgan fingerprint density at radius 3 is 1.88 bits per heavy atom. The lowest BCUT2D eigenvalue weighted by Gasteiger charge is -2.56. The molecule has 0 aromatic heterocycles. The average molecular weight is 342 g/mol. The molecule has 4 fully saturated rings. The van der Waals surface area contributed by atoms with Gasteiger partial charge in [-0.2, -0.15) is 0 Å². The van der Waals surface area contributed by atoms with E-state index in [1.54, 1.807) is 29.2 Å². The quantitative estimate of drug-likeness (QED) is 0.677. The summed E-state index contributed by atoms with van der Waals surface area (Å²) < 4.78 is 0. The molecule has 5 rings (SSSR count). The Balaban J connectivity index is 1.54. The monoisotopic (exact) mass is 342 g/mol. The Morgan fingerprint density at radius 2 is 1.44 bits per heavy atom. The molecule has 0 spiro atoms. The SMILES string of the molecule is CN(O)C(=O)c1ccc(N(C)C(=O)C23CC4CC(CC(C4)C2)C3)cc1. The molecular weight excluding hydrogens is 316 g/mol. The number of hydroxylamine groups is 2. The second-order valence-electron chi connectivity index (χ2n) is 8.44. The van der Waals surface area contributed by atoms with Crippen LogP contribution in [0.5, 0.6) is 0 Å². The minimum absolute atomic E-state index is 0.163. The Morgan fingerprint density at radius 1 is 0.960 bits per heavy atom. The van der Waals surface area contributed by atoms with Crippen molar-refractivity contribution in [3.63, 3.8) is 0 Å². The van der Waals surface area contributed by atoms with E-state index in [0.717, 1.165) is 42.7 Å². The Bertz CT molecular complexity index is 660. The highest BCUT2D eigenvalue weighted by atomic mass is 16.5. The third-order valence-corrected chi connectivity index (χ3v) is 6.59. The van der Waals surface area contributed by atoms with E-state index in [1.165, 1.54) is 26.3 Å². The van der Waals surface area contributed by atoms with Crippen LogP contribution in [0.4, 0.5) is 5.69 Å². The Kier molecular flexibility index (Phi) is 3.87. The fourth-order valence-corrected chi connectivity index (χ4v) is 5.86. The van der Waals surface area contributed by atoms with Gasteiger partial charge in [0.15, 0.2) is 0 Å². The fraction of sp³-hybridized carbons (Fsp3) is 0.600. The first kappa shape index (κ1) is 16.6. The van der Waals surface area contributed by atoms with Gasteiger partial charge >= 0.3 is 0 Å². The zero-order valence-corrected chi connectivity index (χ0v) is 14.9. The summed E-state index contributed by atoms with van der Waals surface area (Å²) in [7, 11) is 3.15. The van der Waals surface area contributed by atoms with Crippen LogP contribution in [-0.4, -0.2) is 36.2 Å². The Labute approximate surface area is 148 Å². The largest absolute Gasteiger partial charge is 0.315 e. The predicted octanol–water partition coefficient (Wildman–Crippen LogP) is 3.33. The number of hydrogen-bond acceptors (Lipinski definition) is 3. The van der Waals surface area contributed by atoms with E-state index in [0.29, 0.717) is 10.6 Å². The molecule has 25 heavy (non-hydrogen) atoms. The maximum Gasteiger partial charge on any atom is 0.276 e. The molecule has 4 aliphatic carbocycles. The average Bonchev–Trinajstić information content (AvgIpc) is 2.58. The number of carbonyl (C=O) groups excluding carboxylic acids is 2. The maximum atomic E-state index is 13.3. The second-order valence-corrected chi connectivity index (χ2v) is 8.44. The summed E-state index contributed by atoms with van der Waals surface area (Å²) in [6.45, 7) is 0. The van der Waals surface area contributed by atoms with Gasteiger partial charge in [0.1, 0.15) is 0 Å². The standard InChI is InChI=1S/C20H26N2O3/c1-21(17-5-3-16(4-6-17)18(23)22(2)25)19(24)20-10-13-7-14(11-20)9-15(8-13)12-20/h3-6,13-15,25H,7-12H2,1-2H3. The topological polar surface area (TPSA) is 60.9 Å². The summed E-state index contributed by atoms with van der Waals surface area (Å²) in [5.74, 6) is 2.00. The highest BCUT2D eigenvalue weighted by Crippen LogP contribution is 2.60. The molecule has 2 amide bonds. The van der Waals surface area contributed by atoms with Gasteiger partial charge in [-0.15, -0.1) is 0 Å². The molecule has 134 valence electrons. The Hall–Kier alpha value is -1.88. The number of rotatable bonds is 3. The minimum Gasteiger partial charge on any atom is -0.315 e. The van der Waals surface area contributed by atoms with E-state index in [1.807, 2.05) is 7.05 Å². The summed E-state index contributed by atoms with van der Waals surface area (Å²) in [6.07, 6.45) is 7.11. The highest BCUT2D eigenvalue weighted by Gasteiger charge is 2.55. The first-order valence-corrected chi connectivity index (χ1v) is 9.23. The summed E-state index contributed by atoms with van der Waals surface area (Å²) >= 11 is 0. The van der Waals surface area contributed by atoms with E-state index >= 15 is 0 Å². The number of benzene rings is 1. The third kappa shape index (κ3) is 2.74. The second kappa shape index (κ2) is 5.84. The van der Waals surface area contributed by atoms with Gasteiger partial charge in [-0.1, -0.05) is 0 Å². The van der Waals surface area contributed by atoms with Crippen LogP contribution in [0.3, 0.4) is 0 Å². The van der Waals surface area contributed by atoms with Gasteiger partial charge in [-0.3, -0.25) is 14.8 Å². The number of anilines is 1. The molecule has 1 N–H and O–H groups in total. The fourth-order valence-electron chi connectivity index (χ4n) is 5.86. The molecule has 0 unspecified atom stereocenters. The minimum atomic E-state index is -0.457. The first-order valence-electron chi connectivity index (χ1n) is 9.23. The van der Waals surface area contributed by atoms with Crippen LogP contribution in [0, 0.1) is 23.2 Å². The van der Waals surface area contributed by atoms with Crippen LogP contribution in [-0.2, 0) is 4.79 Å². The van der Waals surface area contributed by atoms with Crippen molar-refractivity contribution in [1.29, 1.82) is 0 Å². The zero-order valence-electron chi connectivity index (χ0n) is 14.9. The summed E-state index contributed by atoms with van der Waals surface area (Å²) in [5, 5.41) is 9.83. The smallest absolute Gasteiger partial charge is 0.276 e. The summed E-state index contributed by atoms with van der Waals surface area (Å²) in [4.78, 5) is 26.9. The van der Waals surface area contributed by atoms with Crippen molar-refractivity contribution in [1.82, 2.24) is 5.06 Å². The molecule has 4 bridgehead atoms. The molecule has 1 aromatic carbocycles. The molecule has 4 aliphatic rings. The molecular formula is C20H26N2O3. The lowest BCUT2D eigenvalue weighted by molar-refractivity contribution is -0.143. The lowest BCUT2D eigenvalue weighted by atomic mass is 9.49. The van der Waals surface area contributed by atoms with Gasteiger partial charge in [-0.25, -0.2) is 5.06 Å². The van der Waals surface area contributed by atoms with E-state index in [4.69, 9.17) is 0 Å². The zero-order chi connectivity index (χ0) is 17.8. The number of carbonyl (C=O) groups is 2. The van der Waals surface area contributed by atoms with Crippen molar-refractivity contribution in [3.8, 4) is 0 Å². The van der Waals surface area contributed by atoms with Crippen molar-refractivity contribution in [2.75, 3.05) is 19.0 Å². The van der Waals surface area contributed by atoms with Crippen molar-refractivity contribution in [2.24, 2.45) is 23.2 Å². The predicted molar refractivity (Wildman–Crippen MR) is 94.3 cm³/mol. The van der Waals surface area contributed by atoms with Gasteiger partial charge in [0, 0.05) is 25.3 Å². The van der Waals surface area contributed by atoms with Crippen LogP contribution in [0.1, 0.15) is 48.9 Å². The molecule has 5 nitrogen and oxygen atoms in total. The van der Waals surface area contributed by atoms with E-state index in [9.17, 15) is 14.8 Å². The molecule has 0 aliphatic heterocycles. The van der Waals surface area contributed by atoms with E-state index in [-0.39, 0.29) is 11.3 Å². The van der Waals surface area contributed by atoms with Gasteiger partial charge in [0.05, 0.1) is 5.41 Å². The van der Waals surface area contributed by atoms with Crippen molar-refractivity contribution in [2.45, 2.75) is 38.5 Å². The number of nitrogens with zero attached hydrogens (tertiary/aromatic N) is 2. The van der Waals surface area contributed by atoms with Crippen molar-refractivity contribution < 1.29 is 14.8 Å². The molecule has 0 radical (unpaired) electrons. The van der Waals surface area contributed by atoms with E-state index < -0.39 is 5.91 Å². The summed E-state index contributed by atoms with van der Waals surface area (Å²) in [6, 6.07) is 6.89. The van der Waals surface area contributed by atoms with Gasteiger partial charge in [0.2, 0.25) is 5.91 Å². The van der Waals surface area contributed by atoms with Gasteiger partial charge in [-0.05, 0) is 80.5 Å². The molecule has 0 heterocycles. The van der Waals surface area contributed by atoms with Gasteiger partial charge in [0.25, 0.3) is 5.91 Å². The number of amides is 2. The van der Waals surface area contributed by atoms with Crippen LogP contribution in [0.15, 0.2) is 24.3 Å². The van der Waals surface area contributed by atoms with Gasteiger partial charge < -0.3 is 4.90 Å². The normalized spacial score (nSPS) is 32.5. The maximum absolute atomic E-state index is 13.3. The lowest BCUT2D eigenvalue weighted by Crippen LogP contribution is -2.54. The molecule has 0 saturated heterocycles. The highest BCUT2D eigenvalue weighted by molar-refractivity contribution is 5.98. The van der Waals surface area contributed by atoms with Crippen LogP contribution in [0.25, 0.3) is 0 Å². The summed E-state index contributed by atoms with van der Waals surface area (Å²) in [5.41, 5.74) is 1.05. The van der Waals surface area contributed by atoms with Crippen LogP contribution in [0.2, 0.25) is 0 Å².